The van der Waals surface area contributed by atoms with E-state index < -0.39 is 0 Å². The molecule has 2 aromatic heterocycles. The third-order valence-electron chi connectivity index (χ3n) is 5.08. The summed E-state index contributed by atoms with van der Waals surface area (Å²) in [4.78, 5) is 17.0. The minimum absolute atomic E-state index is 0.254. The van der Waals surface area contributed by atoms with Crippen LogP contribution in [-0.4, -0.2) is 24.5 Å². The number of aromatic nitrogens is 1. The van der Waals surface area contributed by atoms with Crippen molar-refractivity contribution in [3.8, 4) is 5.75 Å². The van der Waals surface area contributed by atoms with Crippen molar-refractivity contribution in [2.24, 2.45) is 0 Å². The number of amides is 1. The molecule has 1 amide bonds. The third kappa shape index (κ3) is 5.10. The minimum Gasteiger partial charge on any atom is -0.493 e. The number of nitrogens with one attached hydrogen (secondary N) is 2. The van der Waals surface area contributed by atoms with Crippen molar-refractivity contribution in [2.45, 2.75) is 19.5 Å². The lowest BCUT2D eigenvalue weighted by atomic mass is 10.1. The lowest BCUT2D eigenvalue weighted by Gasteiger charge is -2.07. The van der Waals surface area contributed by atoms with Gasteiger partial charge < -0.3 is 19.8 Å². The Morgan fingerprint density at radius 3 is 2.65 bits per heavy atom. The Morgan fingerprint density at radius 1 is 1.03 bits per heavy atom. The van der Waals surface area contributed by atoms with Crippen LogP contribution in [0.3, 0.4) is 0 Å². The summed E-state index contributed by atoms with van der Waals surface area (Å²) in [7, 11) is 1.59. The molecule has 6 heteroatoms. The van der Waals surface area contributed by atoms with Crippen LogP contribution in [-0.2, 0) is 19.5 Å². The normalized spacial score (nSPS) is 10.9. The number of rotatable bonds is 9. The predicted octanol–water partition coefficient (Wildman–Crippen LogP) is 4.10. The highest BCUT2D eigenvalue weighted by atomic mass is 16.5. The number of furan rings is 1. The van der Waals surface area contributed by atoms with Crippen molar-refractivity contribution in [3.63, 3.8) is 0 Å². The molecule has 6 nitrogen and oxygen atoms in total. The second-order valence-corrected chi connectivity index (χ2v) is 7.20. The summed E-state index contributed by atoms with van der Waals surface area (Å²) in [5.41, 5.74) is 3.71. The molecule has 0 aliphatic heterocycles. The summed E-state index contributed by atoms with van der Waals surface area (Å²) < 4.78 is 11.3. The Balaban J connectivity index is 1.45. The van der Waals surface area contributed by atoms with Crippen LogP contribution in [0.1, 0.15) is 27.4 Å². The Bertz CT molecular complexity index is 1140. The smallest absolute Gasteiger partial charge is 0.287 e. The molecule has 0 aliphatic rings. The molecule has 31 heavy (non-hydrogen) atoms. The van der Waals surface area contributed by atoms with E-state index in [4.69, 9.17) is 9.15 Å². The van der Waals surface area contributed by atoms with E-state index in [1.54, 1.807) is 19.4 Å². The van der Waals surface area contributed by atoms with Crippen molar-refractivity contribution in [1.82, 2.24) is 15.6 Å². The van der Waals surface area contributed by atoms with Gasteiger partial charge >= 0.3 is 0 Å². The van der Waals surface area contributed by atoms with E-state index in [0.29, 0.717) is 24.4 Å². The predicted molar refractivity (Wildman–Crippen MR) is 120 cm³/mol. The Labute approximate surface area is 181 Å². The first-order chi connectivity index (χ1) is 15.2. The molecular weight excluding hydrogens is 390 g/mol. The van der Waals surface area contributed by atoms with Gasteiger partial charge in [-0.2, -0.15) is 0 Å². The lowest BCUT2D eigenvalue weighted by Crippen LogP contribution is -2.22. The maximum Gasteiger partial charge on any atom is 0.287 e. The zero-order chi connectivity index (χ0) is 21.5. The Kier molecular flexibility index (Phi) is 6.59. The van der Waals surface area contributed by atoms with Gasteiger partial charge in [0.25, 0.3) is 5.91 Å². The van der Waals surface area contributed by atoms with Crippen molar-refractivity contribution in [1.29, 1.82) is 0 Å². The summed E-state index contributed by atoms with van der Waals surface area (Å²) in [5.74, 6) is 0.621. The van der Waals surface area contributed by atoms with Crippen LogP contribution in [0.5, 0.6) is 5.75 Å². The molecule has 0 aliphatic carbocycles. The second-order valence-electron chi connectivity index (χ2n) is 7.20. The lowest BCUT2D eigenvalue weighted by molar-refractivity contribution is 0.0925. The fourth-order valence-corrected chi connectivity index (χ4v) is 3.43. The Hall–Kier alpha value is -3.64. The molecule has 0 saturated carbocycles. The molecule has 0 saturated heterocycles. The van der Waals surface area contributed by atoms with E-state index in [1.807, 2.05) is 60.7 Å². The zero-order valence-electron chi connectivity index (χ0n) is 17.4. The SMILES string of the molecule is COc1ccc(CNCCc2ccccn2)c2cc(C(=O)NCc3ccccc3)oc12. The first-order valence-corrected chi connectivity index (χ1v) is 10.3. The van der Waals surface area contributed by atoms with Crippen LogP contribution in [0.15, 0.2) is 77.3 Å². The number of carbonyl (C=O) groups is 1. The van der Waals surface area contributed by atoms with Gasteiger partial charge in [0, 0.05) is 43.3 Å². The number of methoxy groups -OCH3 is 1. The van der Waals surface area contributed by atoms with Gasteiger partial charge in [-0.25, -0.2) is 0 Å². The standard InChI is InChI=1S/C25H25N3O3/c1-30-22-11-10-19(17-26-14-12-20-9-5-6-13-27-20)21-15-23(31-24(21)22)25(29)28-16-18-7-3-2-4-8-18/h2-11,13,15,26H,12,14,16-17H2,1H3,(H,28,29). The van der Waals surface area contributed by atoms with Gasteiger partial charge in [-0.15, -0.1) is 0 Å². The highest BCUT2D eigenvalue weighted by Crippen LogP contribution is 2.31. The molecule has 2 heterocycles. The highest BCUT2D eigenvalue weighted by molar-refractivity contribution is 5.98. The summed E-state index contributed by atoms with van der Waals surface area (Å²) >= 11 is 0. The minimum atomic E-state index is -0.254. The maximum atomic E-state index is 12.6. The number of hydrogen-bond donors (Lipinski definition) is 2. The first kappa shape index (κ1) is 20.6. The highest BCUT2D eigenvalue weighted by Gasteiger charge is 2.17. The van der Waals surface area contributed by atoms with Crippen LogP contribution in [0.2, 0.25) is 0 Å². The number of fused-ring (bicyclic) bond motifs is 1. The molecule has 2 N–H and O–H groups in total. The molecule has 0 unspecified atom stereocenters. The van der Waals surface area contributed by atoms with Crippen molar-refractivity contribution in [3.05, 3.63) is 95.5 Å². The quantitative estimate of drug-likeness (QED) is 0.403. The maximum absolute atomic E-state index is 12.6. The van der Waals surface area contributed by atoms with E-state index in [0.717, 1.165) is 35.2 Å². The average Bonchev–Trinajstić information content (AvgIpc) is 3.27. The number of nitrogens with zero attached hydrogens (tertiary/aromatic N) is 1. The zero-order valence-corrected chi connectivity index (χ0v) is 17.4. The first-order valence-electron chi connectivity index (χ1n) is 10.3. The van der Waals surface area contributed by atoms with Gasteiger partial charge in [-0.05, 0) is 35.4 Å². The van der Waals surface area contributed by atoms with Crippen LogP contribution >= 0.6 is 0 Å². The largest absolute Gasteiger partial charge is 0.493 e. The van der Waals surface area contributed by atoms with Crippen LogP contribution in [0, 0.1) is 0 Å². The van der Waals surface area contributed by atoms with Gasteiger partial charge in [0.2, 0.25) is 0 Å². The molecule has 0 radical (unpaired) electrons. The van der Waals surface area contributed by atoms with Gasteiger partial charge in [-0.3, -0.25) is 9.78 Å². The Morgan fingerprint density at radius 2 is 1.87 bits per heavy atom. The number of ether oxygens (including phenoxy) is 1. The molecule has 2 aromatic carbocycles. The summed E-state index contributed by atoms with van der Waals surface area (Å²) in [6.45, 7) is 1.89. The molecule has 4 aromatic rings. The number of pyridine rings is 1. The molecule has 4 rings (SSSR count). The van der Waals surface area contributed by atoms with Crippen LogP contribution in [0.4, 0.5) is 0 Å². The van der Waals surface area contributed by atoms with Gasteiger partial charge in [0.1, 0.15) is 0 Å². The summed E-state index contributed by atoms with van der Waals surface area (Å²) in [6, 6.07) is 21.3. The summed E-state index contributed by atoms with van der Waals surface area (Å²) in [6.07, 6.45) is 2.65. The molecule has 0 spiro atoms. The molecular formula is C25H25N3O3. The monoisotopic (exact) mass is 415 g/mol. The number of hydrogen-bond acceptors (Lipinski definition) is 5. The number of carbonyl (C=O) groups excluding carboxylic acids is 1. The molecule has 0 fully saturated rings. The molecule has 0 atom stereocenters. The summed E-state index contributed by atoms with van der Waals surface area (Å²) in [5, 5.41) is 7.22. The van der Waals surface area contributed by atoms with E-state index in [1.165, 1.54) is 0 Å². The van der Waals surface area contributed by atoms with Crippen molar-refractivity contribution in [2.75, 3.05) is 13.7 Å². The third-order valence-corrected chi connectivity index (χ3v) is 5.08. The van der Waals surface area contributed by atoms with E-state index in [9.17, 15) is 4.79 Å². The fraction of sp³-hybridized carbons (Fsp3) is 0.200. The average molecular weight is 415 g/mol. The van der Waals surface area contributed by atoms with Crippen LogP contribution in [0.25, 0.3) is 11.0 Å². The van der Waals surface area contributed by atoms with Gasteiger partial charge in [0.05, 0.1) is 7.11 Å². The van der Waals surface area contributed by atoms with Gasteiger partial charge in [0.15, 0.2) is 17.1 Å². The molecule has 0 bridgehead atoms. The van der Waals surface area contributed by atoms with Gasteiger partial charge in [-0.1, -0.05) is 42.5 Å². The fourth-order valence-electron chi connectivity index (χ4n) is 3.43. The van der Waals surface area contributed by atoms with E-state index in [-0.39, 0.29) is 11.7 Å². The second kappa shape index (κ2) is 9.91. The van der Waals surface area contributed by atoms with Crippen LogP contribution < -0.4 is 15.4 Å². The topological polar surface area (TPSA) is 76.4 Å². The number of benzene rings is 2. The van der Waals surface area contributed by atoms with Crippen molar-refractivity contribution >= 4 is 16.9 Å². The van der Waals surface area contributed by atoms with E-state index >= 15 is 0 Å². The van der Waals surface area contributed by atoms with E-state index in [2.05, 4.69) is 15.6 Å². The van der Waals surface area contributed by atoms with Crippen molar-refractivity contribution < 1.29 is 13.9 Å². The molecule has 158 valence electrons.